The van der Waals surface area contributed by atoms with Crippen LogP contribution in [0.2, 0.25) is 0 Å². The van der Waals surface area contributed by atoms with Gasteiger partial charge in [-0.3, -0.25) is 0 Å². The molecular formula is C22H17N3S. The van der Waals surface area contributed by atoms with Crippen molar-refractivity contribution < 1.29 is 0 Å². The predicted molar refractivity (Wildman–Crippen MR) is 111 cm³/mol. The van der Waals surface area contributed by atoms with Crippen LogP contribution in [-0.2, 0) is 6.54 Å². The molecule has 0 bridgehead atoms. The lowest BCUT2D eigenvalue weighted by atomic mass is 10.0. The average molecular weight is 355 g/mol. The summed E-state index contributed by atoms with van der Waals surface area (Å²) in [4.78, 5) is 9.25. The van der Waals surface area contributed by atoms with Crippen molar-refractivity contribution in [2.24, 2.45) is 0 Å². The quantitative estimate of drug-likeness (QED) is 0.408. The number of aryl methyl sites for hydroxylation is 1. The molecule has 0 spiro atoms. The Labute approximate surface area is 155 Å². The van der Waals surface area contributed by atoms with Gasteiger partial charge in [-0.2, -0.15) is 0 Å². The van der Waals surface area contributed by atoms with E-state index >= 15 is 0 Å². The van der Waals surface area contributed by atoms with Crippen molar-refractivity contribution in [1.82, 2.24) is 9.97 Å². The van der Waals surface area contributed by atoms with Gasteiger partial charge < -0.3 is 5.32 Å². The van der Waals surface area contributed by atoms with Crippen LogP contribution >= 0.6 is 11.3 Å². The number of aromatic nitrogens is 2. The Morgan fingerprint density at radius 2 is 1.77 bits per heavy atom. The summed E-state index contributed by atoms with van der Waals surface area (Å²) in [5, 5.41) is 6.00. The fourth-order valence-corrected chi connectivity index (χ4v) is 4.10. The maximum atomic E-state index is 4.83. The molecule has 3 nitrogen and oxygen atoms in total. The molecule has 0 aliphatic carbocycles. The minimum Gasteiger partial charge on any atom is -0.381 e. The Balaban J connectivity index is 1.62. The molecule has 0 saturated heterocycles. The second-order valence-electron chi connectivity index (χ2n) is 6.52. The number of anilines is 1. The first-order chi connectivity index (χ1) is 12.8. The van der Waals surface area contributed by atoms with Crippen molar-refractivity contribution in [3.8, 4) is 0 Å². The standard InChI is InChI=1S/C22H17N3S/c1-14-6-8-20-17(10-14)18(16-4-2-3-5-19(16)25-20)12-23-15-7-9-22-21(11-15)24-13-26-22/h2-11,13,23H,12H2,1H3. The van der Waals surface area contributed by atoms with Crippen molar-refractivity contribution in [1.29, 1.82) is 0 Å². The zero-order chi connectivity index (χ0) is 17.5. The van der Waals surface area contributed by atoms with Crippen LogP contribution in [0.15, 0.2) is 66.2 Å². The summed E-state index contributed by atoms with van der Waals surface area (Å²) in [6.45, 7) is 2.88. The van der Waals surface area contributed by atoms with Crippen LogP contribution in [0.1, 0.15) is 11.1 Å². The zero-order valence-electron chi connectivity index (χ0n) is 14.4. The molecule has 2 heterocycles. The van der Waals surface area contributed by atoms with E-state index in [4.69, 9.17) is 4.98 Å². The molecule has 0 atom stereocenters. The highest BCUT2D eigenvalue weighted by molar-refractivity contribution is 7.16. The Bertz CT molecular complexity index is 1260. The van der Waals surface area contributed by atoms with Gasteiger partial charge in [0.05, 0.1) is 26.8 Å². The summed E-state index contributed by atoms with van der Waals surface area (Å²) in [6, 6.07) is 21.2. The van der Waals surface area contributed by atoms with E-state index in [1.165, 1.54) is 26.6 Å². The lowest BCUT2D eigenvalue weighted by Crippen LogP contribution is -2.02. The smallest absolute Gasteiger partial charge is 0.0832 e. The molecule has 26 heavy (non-hydrogen) atoms. The first-order valence-electron chi connectivity index (χ1n) is 8.63. The summed E-state index contributed by atoms with van der Waals surface area (Å²) in [6.07, 6.45) is 0. The highest BCUT2D eigenvalue weighted by atomic mass is 32.1. The molecule has 0 amide bonds. The van der Waals surface area contributed by atoms with E-state index in [2.05, 4.69) is 71.8 Å². The average Bonchev–Trinajstić information content (AvgIpc) is 3.13. The van der Waals surface area contributed by atoms with Gasteiger partial charge in [0.15, 0.2) is 0 Å². The lowest BCUT2D eigenvalue weighted by Gasteiger charge is -2.13. The Hall–Kier alpha value is -2.98. The van der Waals surface area contributed by atoms with Gasteiger partial charge in [-0.25, -0.2) is 9.97 Å². The molecular weight excluding hydrogens is 338 g/mol. The van der Waals surface area contributed by atoms with Gasteiger partial charge in [0.1, 0.15) is 0 Å². The zero-order valence-corrected chi connectivity index (χ0v) is 15.2. The number of para-hydroxylation sites is 1. The molecule has 0 saturated carbocycles. The van der Waals surface area contributed by atoms with E-state index in [-0.39, 0.29) is 0 Å². The summed E-state index contributed by atoms with van der Waals surface area (Å²) < 4.78 is 1.21. The number of nitrogens with one attached hydrogen (secondary N) is 1. The van der Waals surface area contributed by atoms with Gasteiger partial charge >= 0.3 is 0 Å². The molecule has 5 aromatic rings. The first-order valence-corrected chi connectivity index (χ1v) is 9.51. The summed E-state index contributed by atoms with van der Waals surface area (Å²) in [5.74, 6) is 0. The molecule has 4 heteroatoms. The molecule has 3 aromatic carbocycles. The van der Waals surface area contributed by atoms with Crippen LogP contribution in [0.25, 0.3) is 32.0 Å². The molecule has 0 aliphatic rings. The lowest BCUT2D eigenvalue weighted by molar-refractivity contribution is 1.18. The molecule has 0 radical (unpaired) electrons. The van der Waals surface area contributed by atoms with E-state index < -0.39 is 0 Å². The van der Waals surface area contributed by atoms with E-state index in [0.717, 1.165) is 28.8 Å². The van der Waals surface area contributed by atoms with Crippen molar-refractivity contribution >= 4 is 49.0 Å². The van der Waals surface area contributed by atoms with Gasteiger partial charge in [-0.1, -0.05) is 29.8 Å². The fraction of sp³-hybridized carbons (Fsp3) is 0.0909. The van der Waals surface area contributed by atoms with Crippen LogP contribution in [0.3, 0.4) is 0 Å². The maximum Gasteiger partial charge on any atom is 0.0832 e. The number of nitrogens with zero attached hydrogens (tertiary/aromatic N) is 2. The van der Waals surface area contributed by atoms with Crippen molar-refractivity contribution in [2.75, 3.05) is 5.32 Å². The number of thiazole rings is 1. The van der Waals surface area contributed by atoms with Crippen molar-refractivity contribution in [3.63, 3.8) is 0 Å². The van der Waals surface area contributed by atoms with Crippen LogP contribution in [0, 0.1) is 6.92 Å². The minimum absolute atomic E-state index is 0.749. The number of benzene rings is 3. The highest BCUT2D eigenvalue weighted by Crippen LogP contribution is 2.28. The molecule has 5 rings (SSSR count). The largest absolute Gasteiger partial charge is 0.381 e. The van der Waals surface area contributed by atoms with E-state index in [9.17, 15) is 0 Å². The predicted octanol–water partition coefficient (Wildman–Crippen LogP) is 5.92. The Morgan fingerprint density at radius 3 is 2.73 bits per heavy atom. The van der Waals surface area contributed by atoms with E-state index in [0.29, 0.717) is 0 Å². The van der Waals surface area contributed by atoms with Crippen LogP contribution in [0.5, 0.6) is 0 Å². The molecule has 0 aliphatic heterocycles. The van der Waals surface area contributed by atoms with Crippen molar-refractivity contribution in [3.05, 3.63) is 77.3 Å². The second-order valence-corrected chi connectivity index (χ2v) is 7.40. The van der Waals surface area contributed by atoms with Gasteiger partial charge in [0, 0.05) is 23.0 Å². The number of fused-ring (bicyclic) bond motifs is 3. The van der Waals surface area contributed by atoms with Gasteiger partial charge in [0.2, 0.25) is 0 Å². The van der Waals surface area contributed by atoms with Gasteiger partial charge in [-0.15, -0.1) is 11.3 Å². The third-order valence-electron chi connectivity index (χ3n) is 4.75. The van der Waals surface area contributed by atoms with Crippen LogP contribution < -0.4 is 5.32 Å². The molecule has 0 fully saturated rings. The third kappa shape index (κ3) is 2.59. The van der Waals surface area contributed by atoms with E-state index in [1.807, 2.05) is 11.6 Å². The molecule has 126 valence electrons. The van der Waals surface area contributed by atoms with Crippen molar-refractivity contribution in [2.45, 2.75) is 13.5 Å². The number of pyridine rings is 1. The topological polar surface area (TPSA) is 37.8 Å². The summed E-state index contributed by atoms with van der Waals surface area (Å²) >= 11 is 1.67. The van der Waals surface area contributed by atoms with Gasteiger partial charge in [0.25, 0.3) is 0 Å². The SMILES string of the molecule is Cc1ccc2nc3ccccc3c(CNc3ccc4scnc4c3)c2c1. The third-order valence-corrected chi connectivity index (χ3v) is 5.56. The number of hydrogen-bond acceptors (Lipinski definition) is 4. The highest BCUT2D eigenvalue weighted by Gasteiger charge is 2.09. The van der Waals surface area contributed by atoms with E-state index in [1.54, 1.807) is 11.3 Å². The second kappa shape index (κ2) is 6.07. The molecule has 2 aromatic heterocycles. The number of rotatable bonds is 3. The monoisotopic (exact) mass is 355 g/mol. The van der Waals surface area contributed by atoms with Crippen LogP contribution in [0.4, 0.5) is 5.69 Å². The maximum absolute atomic E-state index is 4.83. The minimum atomic E-state index is 0.749. The number of hydrogen-bond donors (Lipinski definition) is 1. The van der Waals surface area contributed by atoms with Crippen LogP contribution in [-0.4, -0.2) is 9.97 Å². The molecule has 1 N–H and O–H groups in total. The fourth-order valence-electron chi connectivity index (χ4n) is 3.44. The normalized spacial score (nSPS) is 11.4. The first kappa shape index (κ1) is 15.3. The van der Waals surface area contributed by atoms with Gasteiger partial charge in [-0.05, 0) is 48.9 Å². The summed E-state index contributed by atoms with van der Waals surface area (Å²) in [5.41, 5.74) is 8.63. The molecule has 0 unspecified atom stereocenters. The Kier molecular flexibility index (Phi) is 3.57. The summed E-state index contributed by atoms with van der Waals surface area (Å²) in [7, 11) is 0. The Morgan fingerprint density at radius 1 is 0.885 bits per heavy atom.